The number of unbranched alkanes of at least 4 members (excludes halogenated alkanes) is 29. The first-order valence-corrected chi connectivity index (χ1v) is 27.4. The van der Waals surface area contributed by atoms with Gasteiger partial charge in [-0.3, -0.25) is 9.59 Å². The number of carbonyl (C=O) groups is 2. The topological polar surface area (TPSA) is 95.9 Å². The van der Waals surface area contributed by atoms with Crippen LogP contribution in [0.5, 0.6) is 0 Å². The van der Waals surface area contributed by atoms with Crippen molar-refractivity contribution in [1.82, 2.24) is 5.32 Å². The second kappa shape index (κ2) is 50.8. The lowest BCUT2D eigenvalue weighted by Gasteiger charge is -2.24. The minimum atomic E-state index is -0.799. The Hall–Kier alpha value is -2.18. The van der Waals surface area contributed by atoms with E-state index in [0.29, 0.717) is 19.3 Å². The lowest BCUT2D eigenvalue weighted by molar-refractivity contribution is -0.151. The van der Waals surface area contributed by atoms with E-state index in [2.05, 4.69) is 74.7 Å². The van der Waals surface area contributed by atoms with E-state index in [1.54, 1.807) is 0 Å². The van der Waals surface area contributed by atoms with Crippen molar-refractivity contribution in [3.63, 3.8) is 0 Å². The molecule has 1 amide bonds. The molecule has 0 aliphatic heterocycles. The average Bonchev–Trinajstić information content (AvgIpc) is 3.28. The van der Waals surface area contributed by atoms with Gasteiger partial charge in [0.1, 0.15) is 6.10 Å². The van der Waals surface area contributed by atoms with Gasteiger partial charge in [0.15, 0.2) is 0 Å². The lowest BCUT2D eigenvalue weighted by Crippen LogP contribution is -2.46. The molecule has 0 aromatic heterocycles. The quantitative estimate of drug-likeness (QED) is 0.0321. The maximum atomic E-state index is 13.2. The van der Waals surface area contributed by atoms with Gasteiger partial charge in [-0.2, -0.15) is 0 Å². The summed E-state index contributed by atoms with van der Waals surface area (Å²) in [5.74, 6) is -0.516. The van der Waals surface area contributed by atoms with E-state index in [1.807, 2.05) is 0 Å². The fourth-order valence-electron chi connectivity index (χ4n) is 8.20. The highest BCUT2D eigenvalue weighted by Crippen LogP contribution is 2.18. The highest BCUT2D eigenvalue weighted by Gasteiger charge is 2.24. The third-order valence-electron chi connectivity index (χ3n) is 12.4. The minimum Gasteiger partial charge on any atom is -0.462 e. The summed E-state index contributed by atoms with van der Waals surface area (Å²) in [6, 6.07) is -0.715. The van der Waals surface area contributed by atoms with Gasteiger partial charge in [-0.15, -0.1) is 0 Å². The maximum Gasteiger partial charge on any atom is 0.306 e. The predicted octanol–water partition coefficient (Wildman–Crippen LogP) is 16.6. The van der Waals surface area contributed by atoms with Crippen molar-refractivity contribution in [3.05, 3.63) is 48.6 Å². The summed E-state index contributed by atoms with van der Waals surface area (Å²) in [4.78, 5) is 26.2. The number of aliphatic hydroxyl groups is 2. The molecule has 6 nitrogen and oxygen atoms in total. The van der Waals surface area contributed by atoms with E-state index in [-0.39, 0.29) is 24.9 Å². The molecule has 368 valence electrons. The van der Waals surface area contributed by atoms with E-state index in [4.69, 9.17) is 4.74 Å². The highest BCUT2D eigenvalue weighted by atomic mass is 16.5. The second-order valence-corrected chi connectivity index (χ2v) is 18.6. The number of esters is 1. The Morgan fingerprint density at radius 3 is 1.29 bits per heavy atom. The van der Waals surface area contributed by atoms with Gasteiger partial charge in [-0.1, -0.05) is 223 Å². The Balaban J connectivity index is 4.58. The van der Waals surface area contributed by atoms with Crippen LogP contribution in [-0.4, -0.2) is 46.9 Å². The molecule has 0 aromatic rings. The monoisotopic (exact) mass is 884 g/mol. The number of nitrogens with one attached hydrogen (secondary N) is 1. The summed E-state index contributed by atoms with van der Waals surface area (Å²) in [6.45, 7) is 6.44. The summed E-state index contributed by atoms with van der Waals surface area (Å²) in [7, 11) is 0. The molecule has 0 rings (SSSR count). The van der Waals surface area contributed by atoms with Crippen LogP contribution in [0.1, 0.15) is 278 Å². The Morgan fingerprint density at radius 2 is 0.810 bits per heavy atom. The van der Waals surface area contributed by atoms with Gasteiger partial charge in [0.2, 0.25) is 5.91 Å². The van der Waals surface area contributed by atoms with Gasteiger partial charge < -0.3 is 20.3 Å². The fraction of sp³-hybridized carbons (Fsp3) is 0.825. The van der Waals surface area contributed by atoms with Gasteiger partial charge in [-0.25, -0.2) is 0 Å². The largest absolute Gasteiger partial charge is 0.462 e. The van der Waals surface area contributed by atoms with Crippen LogP contribution < -0.4 is 5.32 Å². The summed E-state index contributed by atoms with van der Waals surface area (Å²) < 4.78 is 5.92. The summed E-state index contributed by atoms with van der Waals surface area (Å²) in [5, 5.41) is 23.8. The van der Waals surface area contributed by atoms with Crippen LogP contribution in [0.2, 0.25) is 0 Å². The molecule has 0 aliphatic rings. The normalized spacial score (nSPS) is 13.5. The average molecular weight is 884 g/mol. The third kappa shape index (κ3) is 46.2. The standard InChI is InChI=1S/C57H105NO5/c1-4-7-10-13-16-19-22-25-27-28-30-32-34-37-40-43-46-49-55(60)54(52-59)58-56(61)51-53(48-45-42-39-36-33-31-29-26-23-20-17-14-11-8-5-2)63-57(62)50-47-44-41-38-35-24-21-18-15-12-9-6-3/h17-18,20-21,26,29,33,36,53-55,59-60H,4-16,19,22-25,27-28,30-32,34-35,37-52H2,1-3H3,(H,58,61)/b20-17-,21-18-,29-26-,36-33-. The highest BCUT2D eigenvalue weighted by molar-refractivity contribution is 5.77. The molecule has 0 bridgehead atoms. The molecule has 3 atom stereocenters. The van der Waals surface area contributed by atoms with Gasteiger partial charge >= 0.3 is 5.97 Å². The molecule has 0 aromatic carbocycles. The SMILES string of the molecule is CCCCC/C=C\C/C=C\C/C=C\CCCCC(CC(=O)NC(CO)C(O)CCCCCCCCCCCCCCCCCCC)OC(=O)CCCCCCC/C=C\CCCCC. The van der Waals surface area contributed by atoms with Gasteiger partial charge in [-0.05, 0) is 89.9 Å². The molecule has 0 radical (unpaired) electrons. The molecule has 0 fully saturated rings. The van der Waals surface area contributed by atoms with Gasteiger partial charge in [0.25, 0.3) is 0 Å². The van der Waals surface area contributed by atoms with E-state index < -0.39 is 18.2 Å². The van der Waals surface area contributed by atoms with Crippen molar-refractivity contribution >= 4 is 11.9 Å². The van der Waals surface area contributed by atoms with Crippen molar-refractivity contribution < 1.29 is 24.5 Å². The van der Waals surface area contributed by atoms with Gasteiger partial charge in [0.05, 0.1) is 25.2 Å². The number of amides is 1. The number of rotatable bonds is 49. The van der Waals surface area contributed by atoms with Crippen LogP contribution in [0.3, 0.4) is 0 Å². The molecule has 0 spiro atoms. The van der Waals surface area contributed by atoms with Gasteiger partial charge in [0, 0.05) is 6.42 Å². The number of hydrogen-bond acceptors (Lipinski definition) is 5. The molecule has 0 aliphatic carbocycles. The molecule has 0 heterocycles. The second-order valence-electron chi connectivity index (χ2n) is 18.6. The molecular formula is C57H105NO5. The Labute approximate surface area is 391 Å². The first-order valence-electron chi connectivity index (χ1n) is 27.4. The first kappa shape index (κ1) is 60.8. The summed E-state index contributed by atoms with van der Waals surface area (Å²) in [6.07, 6.45) is 61.7. The zero-order valence-corrected chi connectivity index (χ0v) is 42.0. The van der Waals surface area contributed by atoms with Crippen molar-refractivity contribution in [2.45, 2.75) is 296 Å². The van der Waals surface area contributed by atoms with Crippen molar-refractivity contribution in [2.24, 2.45) is 0 Å². The Bertz CT molecular complexity index is 1080. The van der Waals surface area contributed by atoms with Crippen LogP contribution in [0.4, 0.5) is 0 Å². The van der Waals surface area contributed by atoms with E-state index in [9.17, 15) is 19.8 Å². The Kier molecular flexibility index (Phi) is 49.1. The summed E-state index contributed by atoms with van der Waals surface area (Å²) >= 11 is 0. The molecule has 3 unspecified atom stereocenters. The molecule has 6 heteroatoms. The lowest BCUT2D eigenvalue weighted by atomic mass is 10.0. The number of ether oxygens (including phenoxy) is 1. The smallest absolute Gasteiger partial charge is 0.306 e. The number of carbonyl (C=O) groups excluding carboxylic acids is 2. The van der Waals surface area contributed by atoms with Crippen molar-refractivity contribution in [2.75, 3.05) is 6.61 Å². The maximum absolute atomic E-state index is 13.2. The molecular weight excluding hydrogens is 779 g/mol. The van der Waals surface area contributed by atoms with Crippen LogP contribution >= 0.6 is 0 Å². The molecule has 0 saturated carbocycles. The molecule has 3 N–H and O–H groups in total. The number of allylic oxidation sites excluding steroid dienone is 8. The number of aliphatic hydroxyl groups excluding tert-OH is 2. The fourth-order valence-corrected chi connectivity index (χ4v) is 8.20. The van der Waals surface area contributed by atoms with E-state index >= 15 is 0 Å². The zero-order chi connectivity index (χ0) is 45.9. The Morgan fingerprint density at radius 1 is 0.460 bits per heavy atom. The number of hydrogen-bond donors (Lipinski definition) is 3. The van der Waals surface area contributed by atoms with Crippen LogP contribution in [0, 0.1) is 0 Å². The van der Waals surface area contributed by atoms with Crippen LogP contribution in [-0.2, 0) is 14.3 Å². The van der Waals surface area contributed by atoms with E-state index in [0.717, 1.165) is 77.0 Å². The molecule has 0 saturated heterocycles. The van der Waals surface area contributed by atoms with Crippen LogP contribution in [0.15, 0.2) is 48.6 Å². The van der Waals surface area contributed by atoms with Crippen LogP contribution in [0.25, 0.3) is 0 Å². The minimum absolute atomic E-state index is 0.0493. The van der Waals surface area contributed by atoms with Crippen molar-refractivity contribution in [3.8, 4) is 0 Å². The summed E-state index contributed by atoms with van der Waals surface area (Å²) in [5.41, 5.74) is 0. The third-order valence-corrected chi connectivity index (χ3v) is 12.4. The van der Waals surface area contributed by atoms with E-state index in [1.165, 1.54) is 154 Å². The predicted molar refractivity (Wildman–Crippen MR) is 273 cm³/mol. The van der Waals surface area contributed by atoms with Crippen molar-refractivity contribution in [1.29, 1.82) is 0 Å². The zero-order valence-electron chi connectivity index (χ0n) is 42.0. The first-order chi connectivity index (χ1) is 31.0. The molecule has 63 heavy (non-hydrogen) atoms.